The van der Waals surface area contributed by atoms with Gasteiger partial charge in [0, 0.05) is 0 Å². The van der Waals surface area contributed by atoms with Crippen LogP contribution >= 0.6 is 0 Å². The van der Waals surface area contributed by atoms with E-state index in [-0.39, 0.29) is 0 Å². The van der Waals surface area contributed by atoms with Crippen LogP contribution in [0.1, 0.15) is 0 Å². The summed E-state index contributed by atoms with van der Waals surface area (Å²) in [6.45, 7) is 0. The number of nitrogens with two attached hydrogens (primary N) is 3. The lowest BCUT2D eigenvalue weighted by molar-refractivity contribution is -0.728. The summed E-state index contributed by atoms with van der Waals surface area (Å²) in [5.41, 5.74) is 8.31. The smallest absolute Gasteiger partial charge is 0.288 e. The van der Waals surface area contributed by atoms with Crippen LogP contribution < -0.4 is 22.0 Å². The van der Waals surface area contributed by atoms with Crippen LogP contribution in [0.2, 0.25) is 0 Å². The molecule has 0 saturated heterocycles. The summed E-state index contributed by atoms with van der Waals surface area (Å²) < 4.78 is 3.01. The summed E-state index contributed by atoms with van der Waals surface area (Å²) in [5, 5.41) is 18.0. The monoisotopic (exact) mass is 183 g/mol. The minimum absolute atomic E-state index is 1.25. The largest absolute Gasteiger partial charge is 0.337 e. The van der Waals surface area contributed by atoms with E-state index < -0.39 is 0 Å². The maximum absolute atomic E-state index is 7.10. The number of hydrogen-bond donors (Lipinski definition) is 3. The van der Waals surface area contributed by atoms with Crippen LogP contribution in [-0.4, -0.2) is 9.77 Å². The molecule has 0 aliphatic rings. The van der Waals surface area contributed by atoms with Gasteiger partial charge in [-0.05, 0) is 5.10 Å². The van der Waals surface area contributed by atoms with Crippen LogP contribution in [0.15, 0.2) is 12.7 Å². The van der Waals surface area contributed by atoms with Gasteiger partial charge in [-0.3, -0.25) is 5.84 Å². The normalized spacial score (nSPS) is 6.08. The molecule has 0 spiro atoms. The van der Waals surface area contributed by atoms with Crippen LogP contribution in [0.4, 0.5) is 0 Å². The average Bonchev–Trinajstić information content (AvgIpc) is 2.38. The van der Waals surface area contributed by atoms with Crippen LogP contribution in [0.3, 0.4) is 0 Å². The first-order valence-corrected chi connectivity index (χ1v) is 2.96. The van der Waals surface area contributed by atoms with E-state index in [0.29, 0.717) is 0 Å². The summed E-state index contributed by atoms with van der Waals surface area (Å²) in [6, 6.07) is 0. The quantitative estimate of drug-likeness (QED) is 0.172. The van der Waals surface area contributed by atoms with Gasteiger partial charge in [-0.25, -0.2) is 0 Å². The zero-order valence-electron chi connectivity index (χ0n) is 7.12. The van der Waals surface area contributed by atoms with E-state index in [0.717, 1.165) is 0 Å². The van der Waals surface area contributed by atoms with Crippen molar-refractivity contribution in [3.05, 3.63) is 12.7 Å². The Kier molecular flexibility index (Phi) is 9.62. The molecule has 1 aromatic heterocycles. The van der Waals surface area contributed by atoms with Crippen LogP contribution in [0, 0.1) is 22.9 Å². The molecular weight excluding hydrogens is 172 g/mol. The van der Waals surface area contributed by atoms with Gasteiger partial charge in [0.05, 0.1) is 0 Å². The molecule has 0 amide bonds. The fraction of sp³-hybridized carbons (Fsp3) is 0.200. The van der Waals surface area contributed by atoms with E-state index in [1.165, 1.54) is 23.4 Å². The van der Waals surface area contributed by atoms with Gasteiger partial charge in [-0.1, -0.05) is 0 Å². The Hall–Kier alpha value is -2.48. The fourth-order valence-electron chi connectivity index (χ4n) is 0.394. The van der Waals surface area contributed by atoms with Crippen molar-refractivity contribution in [2.45, 2.75) is 0 Å². The maximum Gasteiger partial charge on any atom is 0.288 e. The first-order valence-electron chi connectivity index (χ1n) is 2.96. The van der Waals surface area contributed by atoms with E-state index in [9.17, 15) is 0 Å². The number of aromatic nitrogens is 3. The summed E-state index contributed by atoms with van der Waals surface area (Å²) in [5.74, 6) is 5.21. The molecule has 0 radical (unpaired) electrons. The molecule has 0 unspecified atom stereocenters. The lowest BCUT2D eigenvalue weighted by atomic mass is 11.2. The van der Waals surface area contributed by atoms with Crippen molar-refractivity contribution >= 4 is 0 Å². The number of rotatable bonds is 0. The van der Waals surface area contributed by atoms with Gasteiger partial charge in [0.25, 0.3) is 6.33 Å². The third-order valence-corrected chi connectivity index (χ3v) is 0.668. The molecule has 0 bridgehead atoms. The minimum atomic E-state index is 1.25. The second-order valence-corrected chi connectivity index (χ2v) is 1.63. The lowest BCUT2D eigenvalue weighted by Gasteiger charge is -1.69. The number of hydrogen-bond acceptors (Lipinski definition) is 6. The second-order valence-electron chi connectivity index (χ2n) is 1.63. The van der Waals surface area contributed by atoms with Crippen LogP contribution in [0.25, 0.3) is 0 Å². The van der Waals surface area contributed by atoms with Gasteiger partial charge < -0.3 is 11.5 Å². The number of aryl methyl sites for hydroxylation is 1. The van der Waals surface area contributed by atoms with Gasteiger partial charge in [-0.15, -0.1) is 9.36 Å². The number of nitrogen functional groups attached to an aromatic ring is 1. The topological polar surface area (TPSA) is 147 Å². The third kappa shape index (κ3) is 12.7. The van der Waals surface area contributed by atoms with Gasteiger partial charge in [0.2, 0.25) is 6.33 Å². The van der Waals surface area contributed by atoms with Gasteiger partial charge in [-0.2, -0.15) is 10.5 Å². The molecule has 8 nitrogen and oxygen atoms in total. The molecule has 70 valence electrons. The highest BCUT2D eigenvalue weighted by Gasteiger charge is 1.90. The summed E-state index contributed by atoms with van der Waals surface area (Å²) in [6.07, 6.45) is 5.69. The van der Waals surface area contributed by atoms with Gasteiger partial charge in [0.15, 0.2) is 12.4 Å². The Morgan fingerprint density at radius 1 is 1.38 bits per heavy atom. The van der Waals surface area contributed by atoms with Gasteiger partial charge in [0.1, 0.15) is 7.05 Å². The van der Waals surface area contributed by atoms with E-state index in [1.54, 1.807) is 11.0 Å². The summed E-state index contributed by atoms with van der Waals surface area (Å²) >= 11 is 0. The predicted molar refractivity (Wildman–Crippen MR) is 43.2 cm³/mol. The SMILES string of the molecule is C[n+]1cn(N)cn1.N#CN.N#CN. The number of nitriles is 2. The Morgan fingerprint density at radius 3 is 1.85 bits per heavy atom. The first-order chi connectivity index (χ1) is 6.12. The molecule has 13 heavy (non-hydrogen) atoms. The molecule has 0 saturated carbocycles. The maximum atomic E-state index is 7.10. The molecule has 0 aliphatic carbocycles. The Bertz CT molecular complexity index is 260. The van der Waals surface area contributed by atoms with Crippen molar-refractivity contribution in [2.24, 2.45) is 18.5 Å². The van der Waals surface area contributed by atoms with Crippen molar-refractivity contribution in [1.29, 1.82) is 10.5 Å². The van der Waals surface area contributed by atoms with Gasteiger partial charge >= 0.3 is 0 Å². The Morgan fingerprint density at radius 2 is 1.77 bits per heavy atom. The molecule has 0 fully saturated rings. The summed E-state index contributed by atoms with van der Waals surface area (Å²) in [4.78, 5) is 0. The molecule has 0 aromatic carbocycles. The highest BCUT2D eigenvalue weighted by Crippen LogP contribution is 1.59. The molecular formula is C5H11N8+. The minimum Gasteiger partial charge on any atom is -0.337 e. The first kappa shape index (κ1) is 13.1. The average molecular weight is 183 g/mol. The fourth-order valence-corrected chi connectivity index (χ4v) is 0.394. The molecule has 8 heteroatoms. The van der Waals surface area contributed by atoms with E-state index in [4.69, 9.17) is 16.4 Å². The molecule has 1 heterocycles. The molecule has 0 atom stereocenters. The summed E-state index contributed by atoms with van der Waals surface area (Å²) in [7, 11) is 1.81. The zero-order chi connectivity index (χ0) is 10.7. The van der Waals surface area contributed by atoms with Crippen molar-refractivity contribution in [1.82, 2.24) is 9.77 Å². The van der Waals surface area contributed by atoms with Crippen LogP contribution in [-0.2, 0) is 7.05 Å². The molecule has 0 aliphatic heterocycles. The van der Waals surface area contributed by atoms with E-state index >= 15 is 0 Å². The highest BCUT2D eigenvalue weighted by atomic mass is 15.4. The van der Waals surface area contributed by atoms with E-state index in [2.05, 4.69) is 16.6 Å². The van der Waals surface area contributed by atoms with Crippen molar-refractivity contribution in [3.8, 4) is 12.4 Å². The Balaban J connectivity index is 0. The van der Waals surface area contributed by atoms with Crippen molar-refractivity contribution in [3.63, 3.8) is 0 Å². The standard InChI is InChI=1S/C3H7N4.2CH2N2/c1-6-3-7(4)2-5-6;2*2-1-3/h2-3H,4H2,1H3;2*2H2/q+1;;. The van der Waals surface area contributed by atoms with Crippen LogP contribution in [0.5, 0.6) is 0 Å². The van der Waals surface area contributed by atoms with E-state index in [1.807, 2.05) is 7.05 Å². The zero-order valence-corrected chi connectivity index (χ0v) is 7.12. The number of nitrogens with zero attached hydrogens (tertiary/aromatic N) is 5. The molecule has 6 N–H and O–H groups in total. The predicted octanol–water partition coefficient (Wildman–Crippen LogP) is -2.73. The molecule has 1 aromatic rings. The van der Waals surface area contributed by atoms with Crippen molar-refractivity contribution < 1.29 is 4.68 Å². The van der Waals surface area contributed by atoms with Crippen molar-refractivity contribution in [2.75, 3.05) is 5.84 Å². The highest BCUT2D eigenvalue weighted by molar-refractivity contribution is 4.48. The lowest BCUT2D eigenvalue weighted by Crippen LogP contribution is -2.29. The second kappa shape index (κ2) is 9.52. The third-order valence-electron chi connectivity index (χ3n) is 0.668. The Labute approximate surface area is 75.3 Å². The molecule has 1 rings (SSSR count).